The molecule has 0 aliphatic heterocycles. The van der Waals surface area contributed by atoms with Gasteiger partial charge < -0.3 is 19.8 Å². The molecule has 0 aliphatic rings. The normalized spacial score (nSPS) is 11.0. The molecule has 0 atom stereocenters. The van der Waals surface area contributed by atoms with Gasteiger partial charge >= 0.3 is 0 Å². The summed E-state index contributed by atoms with van der Waals surface area (Å²) in [4.78, 5) is 8.78. The molecule has 6 nitrogen and oxygen atoms in total. The van der Waals surface area contributed by atoms with Gasteiger partial charge in [0.1, 0.15) is 24.7 Å². The van der Waals surface area contributed by atoms with E-state index in [1.165, 1.54) is 0 Å². The van der Waals surface area contributed by atoms with E-state index >= 15 is 0 Å². The van der Waals surface area contributed by atoms with Gasteiger partial charge in [-0.3, -0.25) is 0 Å². The Morgan fingerprint density at radius 2 is 1.96 bits per heavy atom. The number of aliphatic imine (C=N–C) groups is 1. The van der Waals surface area contributed by atoms with E-state index in [-0.39, 0.29) is 24.0 Å². The fraction of sp³-hybridized carbons (Fsp3) is 0.412. The van der Waals surface area contributed by atoms with Gasteiger partial charge in [-0.2, -0.15) is 0 Å². The number of aromatic nitrogens is 1. The number of oxazole rings is 1. The summed E-state index contributed by atoms with van der Waals surface area (Å²) in [5.41, 5.74) is 0.898. The molecule has 25 heavy (non-hydrogen) atoms. The van der Waals surface area contributed by atoms with Crippen molar-refractivity contribution in [2.75, 3.05) is 19.7 Å². The van der Waals surface area contributed by atoms with Gasteiger partial charge in [0.2, 0.25) is 5.89 Å². The van der Waals surface area contributed by atoms with Crippen LogP contribution in [0.15, 0.2) is 33.7 Å². The third kappa shape index (κ3) is 7.52. The van der Waals surface area contributed by atoms with E-state index in [1.807, 2.05) is 32.9 Å². The summed E-state index contributed by atoms with van der Waals surface area (Å²) in [6, 6.07) is 7.29. The van der Waals surface area contributed by atoms with Crippen LogP contribution in [-0.2, 0) is 6.54 Å². The van der Waals surface area contributed by atoms with Crippen molar-refractivity contribution in [3.63, 3.8) is 0 Å². The first-order valence-electron chi connectivity index (χ1n) is 7.92. The van der Waals surface area contributed by atoms with E-state index in [0.29, 0.717) is 36.6 Å². The zero-order chi connectivity index (χ0) is 17.4. The van der Waals surface area contributed by atoms with Gasteiger partial charge in [0.15, 0.2) is 5.96 Å². The number of aryl methyl sites for hydroxylation is 2. The summed E-state index contributed by atoms with van der Waals surface area (Å²) in [7, 11) is 0. The van der Waals surface area contributed by atoms with Crippen LogP contribution in [0, 0.1) is 13.8 Å². The molecule has 1 aromatic heterocycles. The maximum Gasteiger partial charge on any atom is 0.216 e. The average molecular weight is 479 g/mol. The molecule has 0 fully saturated rings. The zero-order valence-corrected chi connectivity index (χ0v) is 17.7. The molecular formula is C17H24ClIN4O2. The summed E-state index contributed by atoms with van der Waals surface area (Å²) in [6.07, 6.45) is 0. The van der Waals surface area contributed by atoms with Crippen molar-refractivity contribution in [1.29, 1.82) is 0 Å². The highest BCUT2D eigenvalue weighted by Gasteiger charge is 2.05. The highest BCUT2D eigenvalue weighted by molar-refractivity contribution is 14.0. The Kier molecular flexibility index (Phi) is 9.66. The molecule has 0 radical (unpaired) electrons. The molecule has 0 bridgehead atoms. The predicted octanol–water partition coefficient (Wildman–Crippen LogP) is 3.70. The SMILES string of the molecule is CCNC(=NCc1nc(C)c(C)o1)NCCOc1ccc(Cl)cc1.I. The molecule has 0 saturated heterocycles. The van der Waals surface area contributed by atoms with Crippen LogP contribution >= 0.6 is 35.6 Å². The van der Waals surface area contributed by atoms with Gasteiger partial charge in [0.05, 0.1) is 12.2 Å². The third-order valence-corrected chi connectivity index (χ3v) is 3.52. The minimum absolute atomic E-state index is 0. The molecule has 2 N–H and O–H groups in total. The van der Waals surface area contributed by atoms with Gasteiger partial charge in [-0.15, -0.1) is 24.0 Å². The molecule has 8 heteroatoms. The maximum absolute atomic E-state index is 5.84. The van der Waals surface area contributed by atoms with Gasteiger partial charge in [-0.1, -0.05) is 11.6 Å². The number of hydrogen-bond donors (Lipinski definition) is 2. The van der Waals surface area contributed by atoms with Gasteiger partial charge in [-0.05, 0) is 45.0 Å². The fourth-order valence-corrected chi connectivity index (χ4v) is 2.09. The van der Waals surface area contributed by atoms with Crippen molar-refractivity contribution in [1.82, 2.24) is 15.6 Å². The second-order valence-corrected chi connectivity index (χ2v) is 5.61. The smallest absolute Gasteiger partial charge is 0.216 e. The molecule has 138 valence electrons. The molecule has 0 aliphatic carbocycles. The lowest BCUT2D eigenvalue weighted by Crippen LogP contribution is -2.39. The van der Waals surface area contributed by atoms with E-state index in [1.54, 1.807) is 12.1 Å². The lowest BCUT2D eigenvalue weighted by molar-refractivity contribution is 0.322. The Balaban J connectivity index is 0.00000312. The highest BCUT2D eigenvalue weighted by Crippen LogP contribution is 2.15. The van der Waals surface area contributed by atoms with Crippen LogP contribution in [0.3, 0.4) is 0 Å². The Morgan fingerprint density at radius 1 is 1.24 bits per heavy atom. The summed E-state index contributed by atoms with van der Waals surface area (Å²) in [6.45, 7) is 8.13. The van der Waals surface area contributed by atoms with Crippen molar-refractivity contribution in [3.8, 4) is 5.75 Å². The van der Waals surface area contributed by atoms with Crippen molar-refractivity contribution in [2.24, 2.45) is 4.99 Å². The van der Waals surface area contributed by atoms with Crippen molar-refractivity contribution >= 4 is 41.5 Å². The van der Waals surface area contributed by atoms with Crippen LogP contribution < -0.4 is 15.4 Å². The van der Waals surface area contributed by atoms with Crippen LogP contribution in [0.5, 0.6) is 5.75 Å². The van der Waals surface area contributed by atoms with Crippen molar-refractivity contribution in [3.05, 3.63) is 46.6 Å². The minimum Gasteiger partial charge on any atom is -0.492 e. The average Bonchev–Trinajstić information content (AvgIpc) is 2.89. The first-order valence-corrected chi connectivity index (χ1v) is 8.29. The van der Waals surface area contributed by atoms with Crippen LogP contribution in [0.2, 0.25) is 5.02 Å². The van der Waals surface area contributed by atoms with Crippen LogP contribution in [-0.4, -0.2) is 30.6 Å². The van der Waals surface area contributed by atoms with E-state index < -0.39 is 0 Å². The van der Waals surface area contributed by atoms with E-state index in [4.69, 9.17) is 20.8 Å². The molecule has 1 aromatic carbocycles. The third-order valence-electron chi connectivity index (χ3n) is 3.27. The van der Waals surface area contributed by atoms with Gasteiger partial charge in [0, 0.05) is 11.6 Å². The number of ether oxygens (including phenoxy) is 1. The quantitative estimate of drug-likeness (QED) is 0.275. The van der Waals surface area contributed by atoms with Crippen molar-refractivity contribution < 1.29 is 9.15 Å². The summed E-state index contributed by atoms with van der Waals surface area (Å²) < 4.78 is 11.2. The number of guanidine groups is 1. The molecule has 2 aromatic rings. The number of nitrogens with one attached hydrogen (secondary N) is 2. The van der Waals surface area contributed by atoms with Gasteiger partial charge in [-0.25, -0.2) is 9.98 Å². The highest BCUT2D eigenvalue weighted by atomic mass is 127. The second-order valence-electron chi connectivity index (χ2n) is 5.17. The van der Waals surface area contributed by atoms with E-state index in [9.17, 15) is 0 Å². The zero-order valence-electron chi connectivity index (χ0n) is 14.6. The first-order chi connectivity index (χ1) is 11.6. The molecular weight excluding hydrogens is 455 g/mol. The number of nitrogens with zero attached hydrogens (tertiary/aromatic N) is 2. The number of hydrogen-bond acceptors (Lipinski definition) is 4. The molecule has 0 amide bonds. The summed E-state index contributed by atoms with van der Waals surface area (Å²) in [5.74, 6) is 2.92. The standard InChI is InChI=1S/C17H23ClN4O2.HI/c1-4-19-17(21-11-16-22-12(2)13(3)24-16)20-9-10-23-15-7-5-14(18)6-8-15;/h5-8H,4,9-11H2,1-3H3,(H2,19,20,21);1H. The largest absolute Gasteiger partial charge is 0.492 e. The maximum atomic E-state index is 5.84. The van der Waals surface area contributed by atoms with Crippen molar-refractivity contribution in [2.45, 2.75) is 27.3 Å². The van der Waals surface area contributed by atoms with Crippen LogP contribution in [0.25, 0.3) is 0 Å². The van der Waals surface area contributed by atoms with E-state index in [2.05, 4.69) is 20.6 Å². The Hall–Kier alpha value is -1.48. The fourth-order valence-electron chi connectivity index (χ4n) is 1.96. The minimum atomic E-state index is 0. The monoisotopic (exact) mass is 478 g/mol. The molecule has 1 heterocycles. The predicted molar refractivity (Wildman–Crippen MR) is 111 cm³/mol. The number of rotatable bonds is 7. The van der Waals surface area contributed by atoms with Crippen LogP contribution in [0.4, 0.5) is 0 Å². The second kappa shape index (κ2) is 11.2. The summed E-state index contributed by atoms with van der Waals surface area (Å²) >= 11 is 5.84. The first kappa shape index (κ1) is 21.6. The van der Waals surface area contributed by atoms with Gasteiger partial charge in [0.25, 0.3) is 0 Å². The number of halogens is 2. The summed E-state index contributed by atoms with van der Waals surface area (Å²) in [5, 5.41) is 7.08. The Morgan fingerprint density at radius 3 is 2.56 bits per heavy atom. The lowest BCUT2D eigenvalue weighted by Gasteiger charge is -2.11. The molecule has 0 spiro atoms. The Bertz CT molecular complexity index is 654. The molecule has 0 unspecified atom stereocenters. The topological polar surface area (TPSA) is 71.7 Å². The molecule has 0 saturated carbocycles. The number of benzene rings is 1. The lowest BCUT2D eigenvalue weighted by atomic mass is 10.3. The van der Waals surface area contributed by atoms with E-state index in [0.717, 1.165) is 23.7 Å². The Labute approximate surface area is 170 Å². The molecule has 2 rings (SSSR count). The van der Waals surface area contributed by atoms with Crippen LogP contribution in [0.1, 0.15) is 24.3 Å².